The number of morpholine rings is 1. The highest BCUT2D eigenvalue weighted by atomic mass is 16.5. The van der Waals surface area contributed by atoms with E-state index in [2.05, 4.69) is 39.5 Å². The van der Waals surface area contributed by atoms with Crippen LogP contribution in [0.4, 0.5) is 11.6 Å². The number of hydrogen-bond acceptors (Lipinski definition) is 7. The fraction of sp³-hybridized carbons (Fsp3) is 0.259. The molecule has 0 amide bonds. The largest absolute Gasteiger partial charge is 0.497 e. The molecule has 0 radical (unpaired) electrons. The Morgan fingerprint density at radius 2 is 1.76 bits per heavy atom. The van der Waals surface area contributed by atoms with Crippen LogP contribution in [0.3, 0.4) is 0 Å². The molecule has 7 nitrogen and oxygen atoms in total. The van der Waals surface area contributed by atoms with Crippen LogP contribution in [0, 0.1) is 0 Å². The van der Waals surface area contributed by atoms with Crippen LogP contribution in [0.2, 0.25) is 0 Å². The van der Waals surface area contributed by atoms with Crippen molar-refractivity contribution in [1.82, 2.24) is 9.97 Å². The molecule has 3 aromatic carbocycles. The monoisotopic (exact) mass is 456 g/mol. The van der Waals surface area contributed by atoms with Gasteiger partial charge in [-0.15, -0.1) is 0 Å². The van der Waals surface area contributed by atoms with Gasteiger partial charge >= 0.3 is 0 Å². The quantitative estimate of drug-likeness (QED) is 0.430. The van der Waals surface area contributed by atoms with Gasteiger partial charge in [-0.1, -0.05) is 18.2 Å². The maximum absolute atomic E-state index is 5.58. The summed E-state index contributed by atoms with van der Waals surface area (Å²) in [4.78, 5) is 11.6. The van der Waals surface area contributed by atoms with Crippen molar-refractivity contribution >= 4 is 22.4 Å². The molecule has 34 heavy (non-hydrogen) atoms. The van der Waals surface area contributed by atoms with Crippen LogP contribution in [-0.2, 0) is 11.3 Å². The lowest BCUT2D eigenvalue weighted by Crippen LogP contribution is -2.36. The van der Waals surface area contributed by atoms with E-state index in [1.165, 1.54) is 5.69 Å². The van der Waals surface area contributed by atoms with Gasteiger partial charge < -0.3 is 24.4 Å². The molecule has 0 atom stereocenters. The number of nitrogens with zero attached hydrogens (tertiary/aromatic N) is 3. The summed E-state index contributed by atoms with van der Waals surface area (Å²) >= 11 is 0. The Balaban J connectivity index is 1.47. The van der Waals surface area contributed by atoms with Gasteiger partial charge in [0.15, 0.2) is 0 Å². The Kier molecular flexibility index (Phi) is 6.44. The third kappa shape index (κ3) is 4.75. The molecule has 5 rings (SSSR count). The Morgan fingerprint density at radius 1 is 0.941 bits per heavy atom. The van der Waals surface area contributed by atoms with Crippen molar-refractivity contribution in [2.75, 3.05) is 50.7 Å². The van der Waals surface area contributed by atoms with E-state index in [-0.39, 0.29) is 0 Å². The predicted octanol–water partition coefficient (Wildman–Crippen LogP) is 4.76. The lowest BCUT2D eigenvalue weighted by molar-refractivity contribution is 0.123. The van der Waals surface area contributed by atoms with Gasteiger partial charge in [0.05, 0.1) is 33.1 Å². The average molecular weight is 457 g/mol. The number of benzene rings is 3. The molecule has 1 saturated heterocycles. The van der Waals surface area contributed by atoms with Crippen LogP contribution in [0.1, 0.15) is 5.56 Å². The molecule has 1 aliphatic heterocycles. The van der Waals surface area contributed by atoms with Crippen molar-refractivity contribution in [3.63, 3.8) is 0 Å². The molecule has 1 aromatic heterocycles. The second-order valence-corrected chi connectivity index (χ2v) is 8.15. The Morgan fingerprint density at radius 3 is 2.59 bits per heavy atom. The Bertz CT molecular complexity index is 1290. The maximum atomic E-state index is 5.58. The predicted molar refractivity (Wildman–Crippen MR) is 135 cm³/mol. The fourth-order valence-corrected chi connectivity index (χ4v) is 4.23. The summed E-state index contributed by atoms with van der Waals surface area (Å²) in [6, 6.07) is 20.5. The van der Waals surface area contributed by atoms with Crippen molar-refractivity contribution < 1.29 is 14.2 Å². The molecule has 0 bridgehead atoms. The zero-order valence-corrected chi connectivity index (χ0v) is 19.5. The molecule has 174 valence electrons. The highest BCUT2D eigenvalue weighted by Gasteiger charge is 2.17. The number of rotatable bonds is 7. The minimum atomic E-state index is 0.586. The number of aromatic nitrogens is 2. The Hall–Kier alpha value is -3.84. The highest BCUT2D eigenvalue weighted by molar-refractivity contribution is 5.98. The van der Waals surface area contributed by atoms with E-state index in [1.54, 1.807) is 20.4 Å². The van der Waals surface area contributed by atoms with Crippen molar-refractivity contribution in [1.29, 1.82) is 0 Å². The molecule has 2 heterocycles. The van der Waals surface area contributed by atoms with Gasteiger partial charge in [0, 0.05) is 42.5 Å². The van der Waals surface area contributed by atoms with Crippen molar-refractivity contribution in [2.24, 2.45) is 0 Å². The van der Waals surface area contributed by atoms with Gasteiger partial charge in [-0.25, -0.2) is 9.97 Å². The van der Waals surface area contributed by atoms with Gasteiger partial charge in [-0.05, 0) is 53.4 Å². The topological polar surface area (TPSA) is 68.7 Å². The average Bonchev–Trinajstić information content (AvgIpc) is 2.91. The van der Waals surface area contributed by atoms with Crippen molar-refractivity contribution in [3.05, 3.63) is 72.4 Å². The first-order valence-corrected chi connectivity index (χ1v) is 11.4. The number of anilines is 2. The molecule has 1 aliphatic rings. The summed E-state index contributed by atoms with van der Waals surface area (Å²) in [7, 11) is 3.37. The number of methoxy groups -OCH3 is 2. The molecule has 1 fully saturated rings. The summed E-state index contributed by atoms with van der Waals surface area (Å²) in [5.74, 6) is 2.27. The molecule has 0 spiro atoms. The molecular formula is C27H28N4O3. The number of fused-ring (bicyclic) bond motifs is 1. The first-order chi connectivity index (χ1) is 16.7. The van der Waals surface area contributed by atoms with Gasteiger partial charge in [0.2, 0.25) is 5.95 Å². The molecule has 0 aliphatic carbocycles. The van der Waals surface area contributed by atoms with E-state index in [9.17, 15) is 0 Å². The van der Waals surface area contributed by atoms with Gasteiger partial charge in [-0.2, -0.15) is 0 Å². The van der Waals surface area contributed by atoms with Crippen LogP contribution in [0.25, 0.3) is 22.0 Å². The molecule has 0 saturated carbocycles. The van der Waals surface area contributed by atoms with Crippen LogP contribution in [0.5, 0.6) is 11.5 Å². The van der Waals surface area contributed by atoms with E-state index < -0.39 is 0 Å². The molecule has 1 N–H and O–H groups in total. The smallest absolute Gasteiger partial charge is 0.223 e. The van der Waals surface area contributed by atoms with Gasteiger partial charge in [0.1, 0.15) is 11.5 Å². The molecular weight excluding hydrogens is 428 g/mol. The standard InChI is InChI=1S/C27H28N4O3/c1-32-22-5-3-4-19(14-22)18-29-27-28-9-8-25(30-27)21-15-20-6-7-23(33-2)17-24(20)26(16-21)31-10-12-34-13-11-31/h3-9,14-17H,10-13,18H2,1-2H3,(H,28,29,30). The summed E-state index contributed by atoms with van der Waals surface area (Å²) in [5.41, 5.74) is 4.18. The number of nitrogens with one attached hydrogen (secondary N) is 1. The third-order valence-electron chi connectivity index (χ3n) is 6.03. The minimum absolute atomic E-state index is 0.586. The van der Waals surface area contributed by atoms with E-state index in [0.29, 0.717) is 12.5 Å². The van der Waals surface area contributed by atoms with Crippen LogP contribution < -0.4 is 19.7 Å². The molecule has 0 unspecified atom stereocenters. The second-order valence-electron chi connectivity index (χ2n) is 8.15. The van der Waals surface area contributed by atoms with E-state index in [1.807, 2.05) is 36.4 Å². The number of ether oxygens (including phenoxy) is 3. The lowest BCUT2D eigenvalue weighted by atomic mass is 10.0. The second kappa shape index (κ2) is 9.97. The van der Waals surface area contributed by atoms with Gasteiger partial charge in [-0.3, -0.25) is 0 Å². The Labute approximate surface area is 199 Å². The van der Waals surface area contributed by atoms with Crippen LogP contribution in [-0.4, -0.2) is 50.5 Å². The summed E-state index contributed by atoms with van der Waals surface area (Å²) < 4.78 is 16.4. The van der Waals surface area contributed by atoms with Crippen LogP contribution in [0.15, 0.2) is 66.9 Å². The van der Waals surface area contributed by atoms with E-state index in [0.717, 1.165) is 65.4 Å². The maximum Gasteiger partial charge on any atom is 0.223 e. The fourth-order valence-electron chi connectivity index (χ4n) is 4.23. The summed E-state index contributed by atoms with van der Waals surface area (Å²) in [5, 5.41) is 5.64. The molecule has 7 heteroatoms. The first-order valence-electron chi connectivity index (χ1n) is 11.4. The zero-order valence-electron chi connectivity index (χ0n) is 19.5. The normalized spacial score (nSPS) is 13.6. The minimum Gasteiger partial charge on any atom is -0.497 e. The molecule has 4 aromatic rings. The van der Waals surface area contributed by atoms with E-state index in [4.69, 9.17) is 19.2 Å². The first kappa shape index (κ1) is 22.0. The zero-order chi connectivity index (χ0) is 23.3. The van der Waals surface area contributed by atoms with Crippen LogP contribution >= 0.6 is 0 Å². The van der Waals surface area contributed by atoms with E-state index >= 15 is 0 Å². The SMILES string of the molecule is COc1cccc(CNc2nccc(-c3cc(N4CCOCC4)c4cc(OC)ccc4c3)n2)c1. The van der Waals surface area contributed by atoms with Gasteiger partial charge in [0.25, 0.3) is 0 Å². The summed E-state index contributed by atoms with van der Waals surface area (Å²) in [6.45, 7) is 3.76. The lowest BCUT2D eigenvalue weighted by Gasteiger charge is -2.30. The number of hydrogen-bond donors (Lipinski definition) is 1. The third-order valence-corrected chi connectivity index (χ3v) is 6.03. The van der Waals surface area contributed by atoms with Crippen molar-refractivity contribution in [3.8, 4) is 22.8 Å². The van der Waals surface area contributed by atoms with Crippen molar-refractivity contribution in [2.45, 2.75) is 6.54 Å². The summed E-state index contributed by atoms with van der Waals surface area (Å²) in [6.07, 6.45) is 1.79. The highest BCUT2D eigenvalue weighted by Crippen LogP contribution is 2.35.